The molecule has 4 heteroatoms. The number of ether oxygens (including phenoxy) is 1. The van der Waals surface area contributed by atoms with Gasteiger partial charge in [0.25, 0.3) is 0 Å². The van der Waals surface area contributed by atoms with Crippen LogP contribution in [0, 0.1) is 0 Å². The predicted octanol–water partition coefficient (Wildman–Crippen LogP) is 3.06. The van der Waals surface area contributed by atoms with E-state index in [4.69, 9.17) is 4.74 Å². The molecule has 0 aliphatic rings. The molecule has 4 nitrogen and oxygen atoms in total. The number of aromatic hydroxyl groups is 2. The number of hydrogen-bond donors (Lipinski definition) is 2. The highest BCUT2D eigenvalue weighted by molar-refractivity contribution is 6.00. The Morgan fingerprint density at radius 2 is 1.50 bits per heavy atom. The number of rotatable bonds is 5. The van der Waals surface area contributed by atoms with Crippen LogP contribution in [0.2, 0.25) is 0 Å². The fraction of sp³-hybridized carbons (Fsp3) is 0.188. The van der Waals surface area contributed by atoms with E-state index in [-0.39, 0.29) is 17.3 Å². The van der Waals surface area contributed by atoms with Crippen molar-refractivity contribution in [1.82, 2.24) is 0 Å². The molecule has 0 bridgehead atoms. The standard InChI is InChI=1S/C16H16O4/c1-2-20-16(12-5-9-14(18)10-6-12)15(19)11-3-7-13(17)8-4-11/h3-10,16-18H,2H2,1H3. The lowest BCUT2D eigenvalue weighted by atomic mass is 9.99. The highest BCUT2D eigenvalue weighted by Gasteiger charge is 2.22. The lowest BCUT2D eigenvalue weighted by Crippen LogP contribution is -2.16. The van der Waals surface area contributed by atoms with E-state index in [1.165, 1.54) is 24.3 Å². The molecule has 1 unspecified atom stereocenters. The quantitative estimate of drug-likeness (QED) is 0.821. The van der Waals surface area contributed by atoms with E-state index in [0.717, 1.165) is 0 Å². The van der Waals surface area contributed by atoms with Crippen LogP contribution < -0.4 is 0 Å². The number of Topliss-reactive ketones (excluding diaryl/α,β-unsaturated/α-hetero) is 1. The van der Waals surface area contributed by atoms with Crippen molar-refractivity contribution in [2.75, 3.05) is 6.61 Å². The van der Waals surface area contributed by atoms with Gasteiger partial charge < -0.3 is 14.9 Å². The zero-order valence-electron chi connectivity index (χ0n) is 11.1. The van der Waals surface area contributed by atoms with Crippen molar-refractivity contribution in [3.05, 3.63) is 59.7 Å². The first-order chi connectivity index (χ1) is 9.61. The van der Waals surface area contributed by atoms with Gasteiger partial charge in [0.2, 0.25) is 0 Å². The molecule has 0 heterocycles. The highest BCUT2D eigenvalue weighted by Crippen LogP contribution is 2.25. The van der Waals surface area contributed by atoms with Gasteiger partial charge in [0.15, 0.2) is 5.78 Å². The van der Waals surface area contributed by atoms with Crippen molar-refractivity contribution in [3.8, 4) is 11.5 Å². The molecular formula is C16H16O4. The molecule has 0 amide bonds. The van der Waals surface area contributed by atoms with Crippen molar-refractivity contribution >= 4 is 5.78 Å². The minimum atomic E-state index is -0.717. The SMILES string of the molecule is CCOC(C(=O)c1ccc(O)cc1)c1ccc(O)cc1. The first-order valence-electron chi connectivity index (χ1n) is 6.35. The molecule has 0 radical (unpaired) electrons. The first kappa shape index (κ1) is 14.1. The van der Waals surface area contributed by atoms with Crippen molar-refractivity contribution in [3.63, 3.8) is 0 Å². The third-order valence-corrected chi connectivity index (χ3v) is 2.92. The number of carbonyl (C=O) groups is 1. The lowest BCUT2D eigenvalue weighted by molar-refractivity contribution is 0.0452. The van der Waals surface area contributed by atoms with E-state index >= 15 is 0 Å². The fourth-order valence-electron chi connectivity index (χ4n) is 1.92. The molecule has 0 saturated carbocycles. The smallest absolute Gasteiger partial charge is 0.196 e. The number of ketones is 1. The Kier molecular flexibility index (Phi) is 4.38. The van der Waals surface area contributed by atoms with Crippen molar-refractivity contribution in [2.24, 2.45) is 0 Å². The lowest BCUT2D eigenvalue weighted by Gasteiger charge is -2.16. The second-order valence-corrected chi connectivity index (χ2v) is 4.34. The number of phenols is 2. The summed E-state index contributed by atoms with van der Waals surface area (Å²) in [5.74, 6) is 0.0674. The normalized spacial score (nSPS) is 12.1. The maximum absolute atomic E-state index is 12.5. The minimum Gasteiger partial charge on any atom is -0.508 e. The Labute approximate surface area is 117 Å². The van der Waals surface area contributed by atoms with Gasteiger partial charge in [-0.05, 0) is 48.9 Å². The largest absolute Gasteiger partial charge is 0.508 e. The number of phenolic OH excluding ortho intramolecular Hbond substituents is 2. The molecule has 2 aromatic carbocycles. The van der Waals surface area contributed by atoms with Gasteiger partial charge in [0, 0.05) is 12.2 Å². The number of hydrogen-bond acceptors (Lipinski definition) is 4. The molecule has 2 rings (SSSR count). The molecule has 0 spiro atoms. The summed E-state index contributed by atoms with van der Waals surface area (Å²) < 4.78 is 5.52. The molecule has 2 N–H and O–H groups in total. The van der Waals surface area contributed by atoms with Gasteiger partial charge in [-0.3, -0.25) is 4.79 Å². The van der Waals surface area contributed by atoms with E-state index in [0.29, 0.717) is 17.7 Å². The zero-order chi connectivity index (χ0) is 14.5. The Morgan fingerprint density at radius 3 is 2.00 bits per heavy atom. The van der Waals surface area contributed by atoms with Crippen LogP contribution in [0.1, 0.15) is 28.9 Å². The van der Waals surface area contributed by atoms with Gasteiger partial charge in [0.1, 0.15) is 17.6 Å². The van der Waals surface area contributed by atoms with Crippen LogP contribution >= 0.6 is 0 Å². The Bertz CT molecular complexity index is 572. The van der Waals surface area contributed by atoms with Crippen LogP contribution in [-0.4, -0.2) is 22.6 Å². The third kappa shape index (κ3) is 3.16. The van der Waals surface area contributed by atoms with Gasteiger partial charge in [-0.25, -0.2) is 0 Å². The molecule has 20 heavy (non-hydrogen) atoms. The van der Waals surface area contributed by atoms with Gasteiger partial charge >= 0.3 is 0 Å². The van der Waals surface area contributed by atoms with Crippen LogP contribution in [0.5, 0.6) is 11.5 Å². The Balaban J connectivity index is 2.30. The van der Waals surface area contributed by atoms with Crippen molar-refractivity contribution < 1.29 is 19.7 Å². The second-order valence-electron chi connectivity index (χ2n) is 4.34. The van der Waals surface area contributed by atoms with E-state index in [2.05, 4.69) is 0 Å². The summed E-state index contributed by atoms with van der Waals surface area (Å²) in [4.78, 5) is 12.5. The number of benzene rings is 2. The van der Waals surface area contributed by atoms with Crippen LogP contribution in [0.3, 0.4) is 0 Å². The van der Waals surface area contributed by atoms with Gasteiger partial charge in [-0.2, -0.15) is 0 Å². The van der Waals surface area contributed by atoms with E-state index in [9.17, 15) is 15.0 Å². The molecule has 0 aliphatic heterocycles. The van der Waals surface area contributed by atoms with Crippen LogP contribution in [0.4, 0.5) is 0 Å². The molecule has 2 aromatic rings. The summed E-state index contributed by atoms with van der Waals surface area (Å²) in [6, 6.07) is 12.4. The summed E-state index contributed by atoms with van der Waals surface area (Å²) in [7, 11) is 0. The summed E-state index contributed by atoms with van der Waals surface area (Å²) in [6.07, 6.45) is -0.717. The van der Waals surface area contributed by atoms with Gasteiger partial charge in [0.05, 0.1) is 0 Å². The molecule has 104 valence electrons. The summed E-state index contributed by atoms with van der Waals surface area (Å²) >= 11 is 0. The topological polar surface area (TPSA) is 66.8 Å². The van der Waals surface area contributed by atoms with E-state index < -0.39 is 6.10 Å². The molecular weight excluding hydrogens is 256 g/mol. The Morgan fingerprint density at radius 1 is 1.00 bits per heavy atom. The zero-order valence-corrected chi connectivity index (χ0v) is 11.1. The predicted molar refractivity (Wildman–Crippen MR) is 74.9 cm³/mol. The number of carbonyl (C=O) groups excluding carboxylic acids is 1. The summed E-state index contributed by atoms with van der Waals surface area (Å²) in [5, 5.41) is 18.6. The van der Waals surface area contributed by atoms with Gasteiger partial charge in [-0.1, -0.05) is 12.1 Å². The molecule has 0 aliphatic carbocycles. The highest BCUT2D eigenvalue weighted by atomic mass is 16.5. The Hall–Kier alpha value is -2.33. The van der Waals surface area contributed by atoms with Gasteiger partial charge in [-0.15, -0.1) is 0 Å². The van der Waals surface area contributed by atoms with Crippen LogP contribution in [0.15, 0.2) is 48.5 Å². The van der Waals surface area contributed by atoms with Crippen LogP contribution in [-0.2, 0) is 4.74 Å². The maximum Gasteiger partial charge on any atom is 0.196 e. The average Bonchev–Trinajstić information content (AvgIpc) is 2.46. The average molecular weight is 272 g/mol. The molecule has 1 atom stereocenters. The molecule has 0 aromatic heterocycles. The van der Waals surface area contributed by atoms with E-state index in [1.807, 2.05) is 6.92 Å². The summed E-state index contributed by atoms with van der Waals surface area (Å²) in [5.41, 5.74) is 1.15. The monoisotopic (exact) mass is 272 g/mol. The van der Waals surface area contributed by atoms with Crippen LogP contribution in [0.25, 0.3) is 0 Å². The minimum absolute atomic E-state index is 0.110. The van der Waals surface area contributed by atoms with E-state index in [1.54, 1.807) is 24.3 Å². The molecule has 0 fully saturated rings. The summed E-state index contributed by atoms with van der Waals surface area (Å²) in [6.45, 7) is 2.22. The third-order valence-electron chi connectivity index (χ3n) is 2.92. The first-order valence-corrected chi connectivity index (χ1v) is 6.35. The molecule has 0 saturated heterocycles. The fourth-order valence-corrected chi connectivity index (χ4v) is 1.92. The van der Waals surface area contributed by atoms with Crippen molar-refractivity contribution in [1.29, 1.82) is 0 Å². The van der Waals surface area contributed by atoms with Crippen molar-refractivity contribution in [2.45, 2.75) is 13.0 Å². The second kappa shape index (κ2) is 6.21. The maximum atomic E-state index is 12.5.